The van der Waals surface area contributed by atoms with Crippen molar-refractivity contribution >= 4 is 23.7 Å². The maximum absolute atomic E-state index is 11.9. The standard InChI is InChI=1S/C18H19N3O5/c1-24-14-8-5-7-13(10-14)20-17(22)18(23)21-19-11-12-6-4-9-15(25-2)16(12)26-3/h4-11H,1-3H3,(H,20,22)(H,21,23). The van der Waals surface area contributed by atoms with Gasteiger partial charge in [0.15, 0.2) is 11.5 Å². The zero-order valence-electron chi connectivity index (χ0n) is 14.6. The van der Waals surface area contributed by atoms with Gasteiger partial charge in [-0.15, -0.1) is 0 Å². The topological polar surface area (TPSA) is 98.2 Å². The molecule has 2 rings (SSSR count). The van der Waals surface area contributed by atoms with Gasteiger partial charge in [0, 0.05) is 17.3 Å². The van der Waals surface area contributed by atoms with E-state index in [4.69, 9.17) is 14.2 Å². The lowest BCUT2D eigenvalue weighted by molar-refractivity contribution is -0.136. The van der Waals surface area contributed by atoms with Crippen LogP contribution in [0.5, 0.6) is 17.2 Å². The van der Waals surface area contributed by atoms with Crippen molar-refractivity contribution in [1.82, 2.24) is 5.43 Å². The number of carbonyl (C=O) groups is 2. The fourth-order valence-corrected chi connectivity index (χ4v) is 2.11. The van der Waals surface area contributed by atoms with Gasteiger partial charge in [-0.1, -0.05) is 12.1 Å². The minimum Gasteiger partial charge on any atom is -0.497 e. The fourth-order valence-electron chi connectivity index (χ4n) is 2.11. The number of rotatable bonds is 6. The highest BCUT2D eigenvalue weighted by atomic mass is 16.5. The second-order valence-corrected chi connectivity index (χ2v) is 4.97. The van der Waals surface area contributed by atoms with Crippen LogP contribution in [0, 0.1) is 0 Å². The van der Waals surface area contributed by atoms with E-state index in [0.29, 0.717) is 28.5 Å². The molecule has 0 fully saturated rings. The number of hydrogen-bond donors (Lipinski definition) is 2. The molecular weight excluding hydrogens is 338 g/mol. The molecule has 0 aliphatic carbocycles. The summed E-state index contributed by atoms with van der Waals surface area (Å²) >= 11 is 0. The number of nitrogens with one attached hydrogen (secondary N) is 2. The van der Waals surface area contributed by atoms with Crippen LogP contribution in [-0.2, 0) is 9.59 Å². The predicted molar refractivity (Wildman–Crippen MR) is 96.9 cm³/mol. The molecule has 0 saturated heterocycles. The first-order chi connectivity index (χ1) is 12.6. The Morgan fingerprint density at radius 1 is 0.962 bits per heavy atom. The average Bonchev–Trinajstić information content (AvgIpc) is 2.67. The third-order valence-electron chi connectivity index (χ3n) is 3.34. The molecule has 2 aromatic rings. The number of hydrogen-bond acceptors (Lipinski definition) is 6. The molecule has 0 heterocycles. The molecule has 0 atom stereocenters. The SMILES string of the molecule is COc1cccc(NC(=O)C(=O)NN=Cc2cccc(OC)c2OC)c1. The summed E-state index contributed by atoms with van der Waals surface area (Å²) in [5.74, 6) is -0.210. The van der Waals surface area contributed by atoms with Crippen LogP contribution in [0.15, 0.2) is 47.6 Å². The highest BCUT2D eigenvalue weighted by Crippen LogP contribution is 2.29. The Morgan fingerprint density at radius 2 is 1.73 bits per heavy atom. The third kappa shape index (κ3) is 4.73. The Labute approximate surface area is 150 Å². The van der Waals surface area contributed by atoms with Crippen molar-refractivity contribution in [2.24, 2.45) is 5.10 Å². The molecule has 136 valence electrons. The van der Waals surface area contributed by atoms with Crippen LogP contribution in [0.25, 0.3) is 0 Å². The Balaban J connectivity index is 1.99. The molecule has 0 saturated carbocycles. The van der Waals surface area contributed by atoms with Gasteiger partial charge in [-0.25, -0.2) is 5.43 Å². The van der Waals surface area contributed by atoms with Gasteiger partial charge < -0.3 is 19.5 Å². The largest absolute Gasteiger partial charge is 0.497 e. The molecule has 2 N–H and O–H groups in total. The van der Waals surface area contributed by atoms with Gasteiger partial charge in [-0.3, -0.25) is 9.59 Å². The predicted octanol–water partition coefficient (Wildman–Crippen LogP) is 1.80. The number of ether oxygens (including phenoxy) is 3. The lowest BCUT2D eigenvalue weighted by Crippen LogP contribution is -2.32. The van der Waals surface area contributed by atoms with E-state index in [1.165, 1.54) is 27.5 Å². The van der Waals surface area contributed by atoms with Crippen LogP contribution in [0.2, 0.25) is 0 Å². The summed E-state index contributed by atoms with van der Waals surface area (Å²) in [4.78, 5) is 23.7. The second kappa shape index (κ2) is 9.07. The normalized spacial score (nSPS) is 10.3. The Hall–Kier alpha value is -3.55. The number of para-hydroxylation sites is 1. The van der Waals surface area contributed by atoms with E-state index in [2.05, 4.69) is 15.8 Å². The Bertz CT molecular complexity index is 820. The summed E-state index contributed by atoms with van der Waals surface area (Å²) in [6.07, 6.45) is 1.36. The Morgan fingerprint density at radius 3 is 2.42 bits per heavy atom. The highest BCUT2D eigenvalue weighted by Gasteiger charge is 2.13. The third-order valence-corrected chi connectivity index (χ3v) is 3.34. The van der Waals surface area contributed by atoms with E-state index in [-0.39, 0.29) is 0 Å². The van der Waals surface area contributed by atoms with Crippen molar-refractivity contribution < 1.29 is 23.8 Å². The molecule has 0 aromatic heterocycles. The van der Waals surface area contributed by atoms with E-state index in [1.807, 2.05) is 0 Å². The lowest BCUT2D eigenvalue weighted by Gasteiger charge is -2.09. The monoisotopic (exact) mass is 357 g/mol. The molecule has 0 unspecified atom stereocenters. The first kappa shape index (κ1) is 18.8. The molecular formula is C18H19N3O5. The first-order valence-corrected chi connectivity index (χ1v) is 7.58. The molecule has 0 radical (unpaired) electrons. The van der Waals surface area contributed by atoms with Gasteiger partial charge in [-0.05, 0) is 24.3 Å². The van der Waals surface area contributed by atoms with Crippen LogP contribution in [0.3, 0.4) is 0 Å². The molecule has 2 amide bonds. The van der Waals surface area contributed by atoms with E-state index in [9.17, 15) is 9.59 Å². The van der Waals surface area contributed by atoms with Crippen LogP contribution in [-0.4, -0.2) is 39.4 Å². The number of carbonyl (C=O) groups excluding carboxylic acids is 2. The molecule has 0 spiro atoms. The molecule has 26 heavy (non-hydrogen) atoms. The van der Waals surface area contributed by atoms with Crippen molar-refractivity contribution in [1.29, 1.82) is 0 Å². The summed E-state index contributed by atoms with van der Waals surface area (Å²) in [5, 5.41) is 6.23. The van der Waals surface area contributed by atoms with Crippen LogP contribution >= 0.6 is 0 Å². The lowest BCUT2D eigenvalue weighted by atomic mass is 10.2. The quantitative estimate of drug-likeness (QED) is 0.467. The van der Waals surface area contributed by atoms with Crippen LogP contribution in [0.1, 0.15) is 5.56 Å². The summed E-state index contributed by atoms with van der Waals surface area (Å²) in [7, 11) is 4.52. The number of amides is 2. The first-order valence-electron chi connectivity index (χ1n) is 7.58. The number of benzene rings is 2. The smallest absolute Gasteiger partial charge is 0.329 e. The summed E-state index contributed by atoms with van der Waals surface area (Å²) in [6.45, 7) is 0. The molecule has 0 bridgehead atoms. The minimum absolute atomic E-state index is 0.433. The zero-order chi connectivity index (χ0) is 18.9. The molecule has 8 heteroatoms. The molecule has 0 aliphatic heterocycles. The molecule has 8 nitrogen and oxygen atoms in total. The van der Waals surface area contributed by atoms with Crippen LogP contribution in [0.4, 0.5) is 5.69 Å². The number of hydrazone groups is 1. The van der Waals surface area contributed by atoms with Gasteiger partial charge in [0.2, 0.25) is 0 Å². The number of anilines is 1. The Kier molecular flexibility index (Phi) is 6.55. The van der Waals surface area contributed by atoms with Gasteiger partial charge in [-0.2, -0.15) is 5.10 Å². The van der Waals surface area contributed by atoms with Crippen molar-refractivity contribution in [2.75, 3.05) is 26.6 Å². The van der Waals surface area contributed by atoms with Crippen molar-refractivity contribution in [2.45, 2.75) is 0 Å². The van der Waals surface area contributed by atoms with Crippen molar-refractivity contribution in [3.8, 4) is 17.2 Å². The van der Waals surface area contributed by atoms with Gasteiger partial charge in [0.1, 0.15) is 5.75 Å². The van der Waals surface area contributed by atoms with Gasteiger partial charge >= 0.3 is 11.8 Å². The minimum atomic E-state index is -0.911. The second-order valence-electron chi connectivity index (χ2n) is 4.97. The summed E-state index contributed by atoms with van der Waals surface area (Å²) in [5.41, 5.74) is 3.18. The average molecular weight is 357 g/mol. The maximum Gasteiger partial charge on any atom is 0.329 e. The molecule has 2 aromatic carbocycles. The van der Waals surface area contributed by atoms with E-state index >= 15 is 0 Å². The van der Waals surface area contributed by atoms with E-state index in [1.54, 1.807) is 42.5 Å². The fraction of sp³-hybridized carbons (Fsp3) is 0.167. The zero-order valence-corrected chi connectivity index (χ0v) is 14.6. The molecule has 0 aliphatic rings. The van der Waals surface area contributed by atoms with Gasteiger partial charge in [0.25, 0.3) is 0 Å². The summed E-state index contributed by atoms with van der Waals surface area (Å²) in [6, 6.07) is 11.9. The summed E-state index contributed by atoms with van der Waals surface area (Å²) < 4.78 is 15.5. The maximum atomic E-state index is 11.9. The number of methoxy groups -OCH3 is 3. The number of nitrogens with zero attached hydrogens (tertiary/aromatic N) is 1. The van der Waals surface area contributed by atoms with Crippen LogP contribution < -0.4 is 25.0 Å². The van der Waals surface area contributed by atoms with E-state index in [0.717, 1.165) is 0 Å². The van der Waals surface area contributed by atoms with E-state index < -0.39 is 11.8 Å². The van der Waals surface area contributed by atoms with Gasteiger partial charge in [0.05, 0.1) is 27.5 Å². The van der Waals surface area contributed by atoms with Crippen molar-refractivity contribution in [3.63, 3.8) is 0 Å². The highest BCUT2D eigenvalue weighted by molar-refractivity contribution is 6.39. The van der Waals surface area contributed by atoms with Crippen molar-refractivity contribution in [3.05, 3.63) is 48.0 Å².